The Hall–Kier alpha value is -1.85. The molecule has 0 N–H and O–H groups in total. The minimum Gasteiger partial charge on any atom is -0.465 e. The average molecular weight is 325 g/mol. The van der Waals surface area contributed by atoms with Gasteiger partial charge in [-0.2, -0.15) is 0 Å². The Kier molecular flexibility index (Phi) is 8.37. The number of ether oxygens (including phenoxy) is 2. The molecule has 1 heterocycles. The summed E-state index contributed by atoms with van der Waals surface area (Å²) in [6.45, 7) is 8.36. The lowest BCUT2D eigenvalue weighted by Crippen LogP contribution is -2.54. The van der Waals surface area contributed by atoms with Crippen LogP contribution in [0.15, 0.2) is 12.2 Å². The van der Waals surface area contributed by atoms with Crippen LogP contribution in [0.4, 0.5) is 0 Å². The van der Waals surface area contributed by atoms with Gasteiger partial charge in [-0.25, -0.2) is 4.79 Å². The maximum absolute atomic E-state index is 11.8. The molecule has 6 nitrogen and oxygen atoms in total. The molecule has 1 fully saturated rings. The van der Waals surface area contributed by atoms with Gasteiger partial charge in [-0.1, -0.05) is 39.2 Å². The highest BCUT2D eigenvalue weighted by Crippen LogP contribution is 2.14. The second kappa shape index (κ2) is 10.0. The van der Waals surface area contributed by atoms with Crippen LogP contribution < -0.4 is 0 Å². The maximum atomic E-state index is 11.8. The van der Waals surface area contributed by atoms with E-state index in [-0.39, 0.29) is 24.0 Å². The number of esters is 2. The zero-order valence-electron chi connectivity index (χ0n) is 14.1. The van der Waals surface area contributed by atoms with Crippen molar-refractivity contribution in [2.75, 3.05) is 19.7 Å². The fourth-order valence-corrected chi connectivity index (χ4v) is 2.19. The Morgan fingerprint density at radius 1 is 1.13 bits per heavy atom. The summed E-state index contributed by atoms with van der Waals surface area (Å²) in [6, 6.07) is 0. The zero-order valence-corrected chi connectivity index (χ0v) is 14.1. The largest absolute Gasteiger partial charge is 0.465 e. The van der Waals surface area contributed by atoms with Gasteiger partial charge in [0.2, 0.25) is 5.91 Å². The number of hydrogen-bond acceptors (Lipinski definition) is 5. The number of likely N-dealkylation sites (tertiary alicyclic amines) is 1. The van der Waals surface area contributed by atoms with Crippen LogP contribution >= 0.6 is 0 Å². The number of carbonyl (C=O) groups is 3. The molecule has 0 aromatic rings. The fourth-order valence-electron chi connectivity index (χ4n) is 2.19. The summed E-state index contributed by atoms with van der Waals surface area (Å²) in [5, 5.41) is 0. The van der Waals surface area contributed by atoms with Crippen molar-refractivity contribution in [2.45, 2.75) is 58.5 Å². The quantitative estimate of drug-likeness (QED) is 0.350. The number of nitrogens with zero attached hydrogens (tertiary/aromatic N) is 1. The lowest BCUT2D eigenvalue weighted by molar-refractivity contribution is -0.160. The molecule has 1 amide bonds. The molecule has 0 bridgehead atoms. The van der Waals surface area contributed by atoms with E-state index < -0.39 is 11.9 Å². The summed E-state index contributed by atoms with van der Waals surface area (Å²) in [4.78, 5) is 36.0. The molecule has 0 aliphatic carbocycles. The molecule has 0 aromatic carbocycles. The SMILES string of the molecule is C=C(CC(=O)OCCCCCCC)C(=O)OC1CN(C(C)=O)C1. The Morgan fingerprint density at radius 2 is 1.78 bits per heavy atom. The third kappa shape index (κ3) is 7.30. The maximum Gasteiger partial charge on any atom is 0.334 e. The van der Waals surface area contributed by atoms with Crippen molar-refractivity contribution in [1.82, 2.24) is 4.90 Å². The van der Waals surface area contributed by atoms with Crippen molar-refractivity contribution < 1.29 is 23.9 Å². The van der Waals surface area contributed by atoms with Crippen molar-refractivity contribution in [3.8, 4) is 0 Å². The van der Waals surface area contributed by atoms with E-state index >= 15 is 0 Å². The van der Waals surface area contributed by atoms with Gasteiger partial charge in [-0.3, -0.25) is 9.59 Å². The highest BCUT2D eigenvalue weighted by atomic mass is 16.6. The van der Waals surface area contributed by atoms with Gasteiger partial charge in [-0.15, -0.1) is 0 Å². The van der Waals surface area contributed by atoms with Crippen molar-refractivity contribution >= 4 is 17.8 Å². The van der Waals surface area contributed by atoms with E-state index in [1.165, 1.54) is 19.8 Å². The molecule has 1 aliphatic rings. The van der Waals surface area contributed by atoms with Gasteiger partial charge in [0, 0.05) is 12.5 Å². The van der Waals surface area contributed by atoms with Gasteiger partial charge in [0.25, 0.3) is 0 Å². The minimum absolute atomic E-state index is 0.0429. The van der Waals surface area contributed by atoms with E-state index in [1.807, 2.05) is 0 Å². The molecular formula is C17H27NO5. The average Bonchev–Trinajstić information content (AvgIpc) is 2.45. The standard InChI is InChI=1S/C17H27NO5/c1-4-5-6-7-8-9-22-16(20)10-13(2)17(21)23-15-11-18(12-15)14(3)19/h15H,2,4-12H2,1,3H3. The summed E-state index contributed by atoms with van der Waals surface area (Å²) in [5.41, 5.74) is 0.0854. The van der Waals surface area contributed by atoms with Gasteiger partial charge in [0.1, 0.15) is 6.10 Å². The fraction of sp³-hybridized carbons (Fsp3) is 0.706. The van der Waals surface area contributed by atoms with Gasteiger partial charge in [-0.05, 0) is 6.42 Å². The van der Waals surface area contributed by atoms with Crippen LogP contribution in [0.5, 0.6) is 0 Å². The highest BCUT2D eigenvalue weighted by molar-refractivity contribution is 5.93. The molecule has 6 heteroatoms. The van der Waals surface area contributed by atoms with Gasteiger partial charge >= 0.3 is 11.9 Å². The van der Waals surface area contributed by atoms with Gasteiger partial charge in [0.15, 0.2) is 0 Å². The highest BCUT2D eigenvalue weighted by Gasteiger charge is 2.32. The van der Waals surface area contributed by atoms with E-state index in [2.05, 4.69) is 13.5 Å². The minimum atomic E-state index is -0.599. The summed E-state index contributed by atoms with van der Waals surface area (Å²) < 4.78 is 10.2. The number of hydrogen-bond donors (Lipinski definition) is 0. The zero-order chi connectivity index (χ0) is 17.2. The molecule has 0 spiro atoms. The molecule has 130 valence electrons. The predicted octanol–water partition coefficient (Wildman–Crippen LogP) is 2.22. The third-order valence-corrected chi connectivity index (χ3v) is 3.72. The van der Waals surface area contributed by atoms with E-state index in [0.29, 0.717) is 19.7 Å². The molecule has 0 radical (unpaired) electrons. The molecule has 1 aliphatic heterocycles. The van der Waals surface area contributed by atoms with Crippen LogP contribution in [-0.4, -0.2) is 48.5 Å². The molecule has 1 saturated heterocycles. The van der Waals surface area contributed by atoms with Crippen LogP contribution in [0, 0.1) is 0 Å². The van der Waals surface area contributed by atoms with Crippen molar-refractivity contribution in [3.63, 3.8) is 0 Å². The summed E-state index contributed by atoms with van der Waals surface area (Å²) in [7, 11) is 0. The summed E-state index contributed by atoms with van der Waals surface area (Å²) >= 11 is 0. The smallest absolute Gasteiger partial charge is 0.334 e. The van der Waals surface area contributed by atoms with E-state index in [1.54, 1.807) is 4.90 Å². The van der Waals surface area contributed by atoms with E-state index in [9.17, 15) is 14.4 Å². The Labute approximate surface area is 137 Å². The van der Waals surface area contributed by atoms with Crippen LogP contribution in [0.25, 0.3) is 0 Å². The normalized spacial score (nSPS) is 14.1. The van der Waals surface area contributed by atoms with Crippen LogP contribution in [0.3, 0.4) is 0 Å². The van der Waals surface area contributed by atoms with Crippen molar-refractivity contribution in [3.05, 3.63) is 12.2 Å². The number of unbranched alkanes of at least 4 members (excludes halogenated alkanes) is 4. The second-order valence-corrected chi connectivity index (χ2v) is 5.87. The van der Waals surface area contributed by atoms with Crippen molar-refractivity contribution in [1.29, 1.82) is 0 Å². The topological polar surface area (TPSA) is 72.9 Å². The third-order valence-electron chi connectivity index (χ3n) is 3.72. The molecule has 0 unspecified atom stereocenters. The second-order valence-electron chi connectivity index (χ2n) is 5.87. The molecule has 0 saturated carbocycles. The Morgan fingerprint density at radius 3 is 2.39 bits per heavy atom. The lowest BCUT2D eigenvalue weighted by atomic mass is 10.1. The van der Waals surface area contributed by atoms with Gasteiger partial charge in [0.05, 0.1) is 26.1 Å². The summed E-state index contributed by atoms with van der Waals surface area (Å²) in [6.07, 6.45) is 4.93. The van der Waals surface area contributed by atoms with Crippen LogP contribution in [-0.2, 0) is 23.9 Å². The van der Waals surface area contributed by atoms with Crippen LogP contribution in [0.1, 0.15) is 52.4 Å². The lowest BCUT2D eigenvalue weighted by Gasteiger charge is -2.37. The molecule has 23 heavy (non-hydrogen) atoms. The molecule has 0 aromatic heterocycles. The van der Waals surface area contributed by atoms with Crippen LogP contribution in [0.2, 0.25) is 0 Å². The Bertz CT molecular complexity index is 440. The number of carbonyl (C=O) groups excluding carboxylic acids is 3. The molecule has 1 rings (SSSR count). The molecule has 0 atom stereocenters. The number of rotatable bonds is 10. The Balaban J connectivity index is 2.11. The summed E-state index contributed by atoms with van der Waals surface area (Å²) in [5.74, 6) is -1.10. The monoisotopic (exact) mass is 325 g/mol. The first kappa shape index (κ1) is 19.2. The first-order valence-electron chi connectivity index (χ1n) is 8.24. The van der Waals surface area contributed by atoms with Gasteiger partial charge < -0.3 is 14.4 Å². The molecular weight excluding hydrogens is 298 g/mol. The number of amides is 1. The predicted molar refractivity (Wildman–Crippen MR) is 85.6 cm³/mol. The van der Waals surface area contributed by atoms with E-state index in [0.717, 1.165) is 19.3 Å². The first-order chi connectivity index (χ1) is 10.9. The van der Waals surface area contributed by atoms with E-state index in [4.69, 9.17) is 9.47 Å². The first-order valence-corrected chi connectivity index (χ1v) is 8.24. The van der Waals surface area contributed by atoms with Crippen molar-refractivity contribution in [2.24, 2.45) is 0 Å².